The van der Waals surface area contributed by atoms with Gasteiger partial charge in [-0.15, -0.1) is 0 Å². The third-order valence-corrected chi connectivity index (χ3v) is 2.42. The van der Waals surface area contributed by atoms with Gasteiger partial charge in [0.1, 0.15) is 0 Å². The molecular weight excluding hydrogens is 138 g/mol. The summed E-state index contributed by atoms with van der Waals surface area (Å²) in [6.07, 6.45) is 2.45. The first-order valence-corrected chi connectivity index (χ1v) is 4.62. The zero-order chi connectivity index (χ0) is 8.10. The minimum atomic E-state index is 0.605. The van der Waals surface area contributed by atoms with E-state index in [-0.39, 0.29) is 0 Å². The Morgan fingerprint density at radius 2 is 2.09 bits per heavy atom. The standard InChI is InChI=1S/C9H19NO/c1-8-7-11-6-4-3-5-10-9(8)2/h8-10H,3-7H2,1-2H3. The molecule has 1 heterocycles. The van der Waals surface area contributed by atoms with E-state index in [9.17, 15) is 0 Å². The second kappa shape index (κ2) is 4.73. The van der Waals surface area contributed by atoms with E-state index in [2.05, 4.69) is 19.2 Å². The second-order valence-corrected chi connectivity index (χ2v) is 3.50. The summed E-state index contributed by atoms with van der Waals surface area (Å²) in [5, 5.41) is 3.49. The van der Waals surface area contributed by atoms with E-state index in [0.29, 0.717) is 12.0 Å². The molecule has 1 N–H and O–H groups in total. The molecule has 0 aromatic heterocycles. The van der Waals surface area contributed by atoms with Gasteiger partial charge in [0, 0.05) is 12.6 Å². The van der Waals surface area contributed by atoms with Crippen LogP contribution < -0.4 is 5.32 Å². The summed E-state index contributed by atoms with van der Waals surface area (Å²) in [5.74, 6) is 0.646. The first-order valence-electron chi connectivity index (χ1n) is 4.62. The number of hydrogen-bond donors (Lipinski definition) is 1. The highest BCUT2D eigenvalue weighted by Gasteiger charge is 2.12. The van der Waals surface area contributed by atoms with E-state index in [1.807, 2.05) is 0 Å². The maximum Gasteiger partial charge on any atom is 0.0506 e. The Kier molecular flexibility index (Phi) is 3.87. The lowest BCUT2D eigenvalue weighted by Crippen LogP contribution is -2.34. The summed E-state index contributed by atoms with van der Waals surface area (Å²) < 4.78 is 5.50. The molecule has 0 saturated carbocycles. The summed E-state index contributed by atoms with van der Waals surface area (Å²) in [6, 6.07) is 0.605. The van der Waals surface area contributed by atoms with Crippen LogP contribution in [-0.2, 0) is 4.74 Å². The van der Waals surface area contributed by atoms with E-state index in [1.165, 1.54) is 12.8 Å². The molecule has 2 heteroatoms. The first-order chi connectivity index (χ1) is 5.30. The number of hydrogen-bond acceptors (Lipinski definition) is 2. The lowest BCUT2D eigenvalue weighted by Gasteiger charge is -2.19. The third-order valence-electron chi connectivity index (χ3n) is 2.42. The van der Waals surface area contributed by atoms with Gasteiger partial charge >= 0.3 is 0 Å². The molecule has 2 nitrogen and oxygen atoms in total. The van der Waals surface area contributed by atoms with Gasteiger partial charge in [-0.2, -0.15) is 0 Å². The highest BCUT2D eigenvalue weighted by Crippen LogP contribution is 2.06. The summed E-state index contributed by atoms with van der Waals surface area (Å²) in [7, 11) is 0. The quantitative estimate of drug-likeness (QED) is 0.574. The van der Waals surface area contributed by atoms with Gasteiger partial charge in [-0.25, -0.2) is 0 Å². The smallest absolute Gasteiger partial charge is 0.0506 e. The maximum absolute atomic E-state index is 5.50. The van der Waals surface area contributed by atoms with Gasteiger partial charge in [-0.3, -0.25) is 0 Å². The molecule has 0 aromatic carbocycles. The van der Waals surface area contributed by atoms with E-state index in [0.717, 1.165) is 19.8 Å². The molecule has 0 spiro atoms. The second-order valence-electron chi connectivity index (χ2n) is 3.50. The van der Waals surface area contributed by atoms with Crippen LogP contribution in [0.2, 0.25) is 0 Å². The molecule has 0 radical (unpaired) electrons. The molecule has 1 aliphatic rings. The molecule has 11 heavy (non-hydrogen) atoms. The van der Waals surface area contributed by atoms with Crippen molar-refractivity contribution in [3.8, 4) is 0 Å². The first kappa shape index (κ1) is 9.01. The summed E-state index contributed by atoms with van der Waals surface area (Å²) in [6.45, 7) is 7.48. The van der Waals surface area contributed by atoms with Crippen molar-refractivity contribution in [2.24, 2.45) is 5.92 Å². The fraction of sp³-hybridized carbons (Fsp3) is 1.00. The molecule has 0 amide bonds. The van der Waals surface area contributed by atoms with Crippen molar-refractivity contribution < 1.29 is 4.74 Å². The predicted octanol–water partition coefficient (Wildman–Crippen LogP) is 1.41. The molecule has 1 fully saturated rings. The van der Waals surface area contributed by atoms with E-state index < -0.39 is 0 Å². The van der Waals surface area contributed by atoms with Gasteiger partial charge in [0.25, 0.3) is 0 Å². The normalized spacial score (nSPS) is 35.5. The Bertz CT molecular complexity index is 93.7. The monoisotopic (exact) mass is 157 g/mol. The molecular formula is C9H19NO. The van der Waals surface area contributed by atoms with Gasteiger partial charge in [0.2, 0.25) is 0 Å². The average molecular weight is 157 g/mol. The Morgan fingerprint density at radius 1 is 1.27 bits per heavy atom. The lowest BCUT2D eigenvalue weighted by molar-refractivity contribution is 0.0981. The van der Waals surface area contributed by atoms with Crippen LogP contribution in [-0.4, -0.2) is 25.8 Å². The third kappa shape index (κ3) is 3.21. The van der Waals surface area contributed by atoms with Crippen molar-refractivity contribution in [1.29, 1.82) is 0 Å². The van der Waals surface area contributed by atoms with Crippen LogP contribution in [0.5, 0.6) is 0 Å². The Balaban J connectivity index is 2.29. The van der Waals surface area contributed by atoms with Crippen LogP contribution in [0.3, 0.4) is 0 Å². The van der Waals surface area contributed by atoms with Gasteiger partial charge in [-0.05, 0) is 32.2 Å². The van der Waals surface area contributed by atoms with Gasteiger partial charge in [-0.1, -0.05) is 6.92 Å². The van der Waals surface area contributed by atoms with Crippen molar-refractivity contribution in [3.05, 3.63) is 0 Å². The van der Waals surface area contributed by atoms with Crippen LogP contribution in [0.15, 0.2) is 0 Å². The van der Waals surface area contributed by atoms with Gasteiger partial charge in [0.05, 0.1) is 6.61 Å². The molecule has 0 aliphatic carbocycles. The Hall–Kier alpha value is -0.0800. The van der Waals surface area contributed by atoms with E-state index in [4.69, 9.17) is 4.74 Å². The van der Waals surface area contributed by atoms with Crippen LogP contribution in [0, 0.1) is 5.92 Å². The van der Waals surface area contributed by atoms with Crippen molar-refractivity contribution >= 4 is 0 Å². The van der Waals surface area contributed by atoms with Crippen molar-refractivity contribution in [2.75, 3.05) is 19.8 Å². The zero-order valence-electron chi connectivity index (χ0n) is 7.60. The van der Waals surface area contributed by atoms with Gasteiger partial charge in [0.15, 0.2) is 0 Å². The van der Waals surface area contributed by atoms with Crippen molar-refractivity contribution in [1.82, 2.24) is 5.32 Å². The Labute approximate surface area is 69.3 Å². The highest BCUT2D eigenvalue weighted by atomic mass is 16.5. The topological polar surface area (TPSA) is 21.3 Å². The predicted molar refractivity (Wildman–Crippen MR) is 46.7 cm³/mol. The molecule has 2 unspecified atom stereocenters. The minimum Gasteiger partial charge on any atom is -0.381 e. The Morgan fingerprint density at radius 3 is 2.91 bits per heavy atom. The van der Waals surface area contributed by atoms with Crippen molar-refractivity contribution in [2.45, 2.75) is 32.7 Å². The van der Waals surface area contributed by atoms with Crippen LogP contribution in [0.25, 0.3) is 0 Å². The molecule has 1 rings (SSSR count). The van der Waals surface area contributed by atoms with Crippen LogP contribution >= 0.6 is 0 Å². The SMILES string of the molecule is CC1COCCCCNC1C. The molecule has 66 valence electrons. The fourth-order valence-electron chi connectivity index (χ4n) is 1.27. The number of nitrogens with one attached hydrogen (secondary N) is 1. The lowest BCUT2D eigenvalue weighted by atomic mass is 10.1. The van der Waals surface area contributed by atoms with E-state index >= 15 is 0 Å². The minimum absolute atomic E-state index is 0.605. The van der Waals surface area contributed by atoms with Gasteiger partial charge < -0.3 is 10.1 Å². The molecule has 0 aromatic rings. The maximum atomic E-state index is 5.50. The summed E-state index contributed by atoms with van der Waals surface area (Å²) >= 11 is 0. The van der Waals surface area contributed by atoms with Crippen LogP contribution in [0.1, 0.15) is 26.7 Å². The molecule has 1 saturated heterocycles. The van der Waals surface area contributed by atoms with E-state index in [1.54, 1.807) is 0 Å². The zero-order valence-corrected chi connectivity index (χ0v) is 7.60. The number of rotatable bonds is 0. The molecule has 2 atom stereocenters. The molecule has 0 bridgehead atoms. The fourth-order valence-corrected chi connectivity index (χ4v) is 1.27. The summed E-state index contributed by atoms with van der Waals surface area (Å²) in [5.41, 5.74) is 0. The summed E-state index contributed by atoms with van der Waals surface area (Å²) in [4.78, 5) is 0. The average Bonchev–Trinajstić information content (AvgIpc) is 2.07. The van der Waals surface area contributed by atoms with Crippen molar-refractivity contribution in [3.63, 3.8) is 0 Å². The largest absolute Gasteiger partial charge is 0.381 e. The highest BCUT2D eigenvalue weighted by molar-refractivity contribution is 4.68. The molecule has 1 aliphatic heterocycles. The van der Waals surface area contributed by atoms with Crippen LogP contribution in [0.4, 0.5) is 0 Å². The number of ether oxygens (including phenoxy) is 1.